The summed E-state index contributed by atoms with van der Waals surface area (Å²) in [5.41, 5.74) is 0.987. The number of benzene rings is 2. The Balaban J connectivity index is 1.85. The van der Waals surface area contributed by atoms with Crippen molar-refractivity contribution in [2.24, 2.45) is 0 Å². The lowest BCUT2D eigenvalue weighted by atomic mass is 10.2. The van der Waals surface area contributed by atoms with Crippen molar-refractivity contribution in [3.8, 4) is 6.07 Å². The normalized spacial score (nSPS) is 10.8. The predicted molar refractivity (Wildman–Crippen MR) is 86.0 cm³/mol. The highest BCUT2D eigenvalue weighted by Gasteiger charge is 2.14. The molecule has 2 rings (SSSR count). The van der Waals surface area contributed by atoms with E-state index in [-0.39, 0.29) is 23.8 Å². The van der Waals surface area contributed by atoms with E-state index >= 15 is 0 Å². The maximum Gasteiger partial charge on any atom is 0.240 e. The van der Waals surface area contributed by atoms with E-state index in [4.69, 9.17) is 5.26 Å². The Labute approximate surface area is 139 Å². The summed E-state index contributed by atoms with van der Waals surface area (Å²) in [5.74, 6) is -0.905. The van der Waals surface area contributed by atoms with Crippen LogP contribution in [0.15, 0.2) is 53.4 Å². The van der Waals surface area contributed by atoms with Crippen molar-refractivity contribution in [2.75, 3.05) is 11.9 Å². The van der Waals surface area contributed by atoms with E-state index in [9.17, 15) is 17.6 Å². The monoisotopic (exact) mass is 347 g/mol. The molecule has 2 aromatic rings. The number of hydrogen-bond acceptors (Lipinski definition) is 4. The molecule has 0 spiro atoms. The summed E-state index contributed by atoms with van der Waals surface area (Å²) < 4.78 is 39.0. The lowest BCUT2D eigenvalue weighted by Crippen LogP contribution is -2.27. The van der Waals surface area contributed by atoms with Crippen LogP contribution in [0.1, 0.15) is 12.0 Å². The minimum atomic E-state index is -3.79. The first kappa shape index (κ1) is 17.6. The first-order valence-corrected chi connectivity index (χ1v) is 8.44. The third kappa shape index (κ3) is 4.87. The topological polar surface area (TPSA) is 99.1 Å². The summed E-state index contributed by atoms with van der Waals surface area (Å²) >= 11 is 0. The van der Waals surface area contributed by atoms with Gasteiger partial charge in [0.2, 0.25) is 15.9 Å². The molecule has 1 amide bonds. The van der Waals surface area contributed by atoms with Crippen LogP contribution in [0.3, 0.4) is 0 Å². The largest absolute Gasteiger partial charge is 0.326 e. The fourth-order valence-corrected chi connectivity index (χ4v) is 2.88. The van der Waals surface area contributed by atoms with Crippen molar-refractivity contribution in [1.29, 1.82) is 5.26 Å². The molecule has 8 heteroatoms. The van der Waals surface area contributed by atoms with Crippen molar-refractivity contribution in [3.05, 3.63) is 59.9 Å². The number of carbonyl (C=O) groups excluding carboxylic acids is 1. The lowest BCUT2D eigenvalue weighted by Gasteiger charge is -2.08. The first-order valence-electron chi connectivity index (χ1n) is 6.96. The molecule has 0 aliphatic rings. The van der Waals surface area contributed by atoms with E-state index in [0.29, 0.717) is 11.3 Å². The zero-order valence-electron chi connectivity index (χ0n) is 12.5. The number of nitrogens with one attached hydrogen (secondary N) is 2. The van der Waals surface area contributed by atoms with Crippen molar-refractivity contribution < 1.29 is 17.6 Å². The molecule has 0 unspecified atom stereocenters. The number of nitrogens with zero attached hydrogens (tertiary/aromatic N) is 1. The van der Waals surface area contributed by atoms with Crippen LogP contribution in [0.2, 0.25) is 0 Å². The molecule has 2 N–H and O–H groups in total. The van der Waals surface area contributed by atoms with Gasteiger partial charge in [0.25, 0.3) is 0 Å². The number of amides is 1. The lowest BCUT2D eigenvalue weighted by molar-refractivity contribution is -0.116. The Hall–Kier alpha value is -2.76. The number of rotatable bonds is 6. The fraction of sp³-hybridized carbons (Fsp3) is 0.125. The summed E-state index contributed by atoms with van der Waals surface area (Å²) in [7, 11) is -3.79. The average molecular weight is 347 g/mol. The summed E-state index contributed by atoms with van der Waals surface area (Å²) in [6.45, 7) is -0.0954. The fourth-order valence-electron chi connectivity index (χ4n) is 1.85. The van der Waals surface area contributed by atoms with E-state index in [1.807, 2.05) is 6.07 Å². The third-order valence-electron chi connectivity index (χ3n) is 3.07. The van der Waals surface area contributed by atoms with Crippen LogP contribution in [0.25, 0.3) is 0 Å². The van der Waals surface area contributed by atoms with E-state index in [1.165, 1.54) is 0 Å². The van der Waals surface area contributed by atoms with Crippen LogP contribution < -0.4 is 10.0 Å². The molecule has 0 fully saturated rings. The maximum atomic E-state index is 12.8. The van der Waals surface area contributed by atoms with Crippen LogP contribution in [-0.2, 0) is 14.8 Å². The molecule has 2 aromatic carbocycles. The molecule has 0 radical (unpaired) electrons. The van der Waals surface area contributed by atoms with Gasteiger partial charge in [0.1, 0.15) is 5.82 Å². The number of sulfonamides is 1. The molecular formula is C16H14FN3O3S. The van der Waals surface area contributed by atoms with Crippen LogP contribution in [0.5, 0.6) is 0 Å². The number of nitriles is 1. The van der Waals surface area contributed by atoms with Crippen molar-refractivity contribution in [1.82, 2.24) is 4.72 Å². The summed E-state index contributed by atoms with van der Waals surface area (Å²) in [6.07, 6.45) is -0.0690. The van der Waals surface area contributed by atoms with Gasteiger partial charge in [-0.3, -0.25) is 4.79 Å². The minimum Gasteiger partial charge on any atom is -0.326 e. The quantitative estimate of drug-likeness (QED) is 0.835. The molecule has 0 aliphatic carbocycles. The van der Waals surface area contributed by atoms with E-state index in [2.05, 4.69) is 10.0 Å². The predicted octanol–water partition coefficient (Wildman–Crippen LogP) is 2.00. The van der Waals surface area contributed by atoms with Gasteiger partial charge in [-0.05, 0) is 48.5 Å². The van der Waals surface area contributed by atoms with Gasteiger partial charge in [-0.25, -0.2) is 17.5 Å². The van der Waals surface area contributed by atoms with Crippen molar-refractivity contribution >= 4 is 21.6 Å². The standard InChI is InChI=1S/C16H14FN3O3S/c17-13-3-7-15(8-4-13)24(22,23)19-10-9-16(21)20-14-5-1-12(11-18)2-6-14/h1-8,19H,9-10H2,(H,20,21). The van der Waals surface area contributed by atoms with Crippen molar-refractivity contribution in [2.45, 2.75) is 11.3 Å². The molecule has 0 saturated carbocycles. The molecular weight excluding hydrogens is 333 g/mol. The summed E-state index contributed by atoms with van der Waals surface area (Å²) in [4.78, 5) is 11.7. The molecule has 124 valence electrons. The highest BCUT2D eigenvalue weighted by atomic mass is 32.2. The van der Waals surface area contributed by atoms with Gasteiger partial charge in [0, 0.05) is 18.7 Å². The number of anilines is 1. The number of halogens is 1. The molecule has 6 nitrogen and oxygen atoms in total. The van der Waals surface area contributed by atoms with E-state index < -0.39 is 15.8 Å². The van der Waals surface area contributed by atoms with Gasteiger partial charge in [0.05, 0.1) is 16.5 Å². The second-order valence-corrected chi connectivity index (χ2v) is 6.61. The van der Waals surface area contributed by atoms with Crippen LogP contribution in [0, 0.1) is 17.1 Å². The summed E-state index contributed by atoms with van der Waals surface area (Å²) in [6, 6.07) is 12.6. The molecule has 24 heavy (non-hydrogen) atoms. The Bertz CT molecular complexity index is 857. The number of carbonyl (C=O) groups is 1. The van der Waals surface area contributed by atoms with E-state index in [0.717, 1.165) is 24.3 Å². The highest BCUT2D eigenvalue weighted by Crippen LogP contribution is 2.10. The second-order valence-electron chi connectivity index (χ2n) is 4.84. The number of hydrogen-bond donors (Lipinski definition) is 2. The molecule has 0 bridgehead atoms. The van der Waals surface area contributed by atoms with Gasteiger partial charge >= 0.3 is 0 Å². The molecule has 0 atom stereocenters. The van der Waals surface area contributed by atoms with Gasteiger partial charge < -0.3 is 5.32 Å². The van der Waals surface area contributed by atoms with Gasteiger partial charge in [-0.1, -0.05) is 0 Å². The third-order valence-corrected chi connectivity index (χ3v) is 4.54. The highest BCUT2D eigenvalue weighted by molar-refractivity contribution is 7.89. The Kier molecular flexibility index (Phi) is 5.63. The van der Waals surface area contributed by atoms with E-state index in [1.54, 1.807) is 24.3 Å². The maximum absolute atomic E-state index is 12.8. The molecule has 0 saturated heterocycles. The Morgan fingerprint density at radius 2 is 1.71 bits per heavy atom. The van der Waals surface area contributed by atoms with Gasteiger partial charge in [-0.2, -0.15) is 5.26 Å². The van der Waals surface area contributed by atoms with Gasteiger partial charge in [0.15, 0.2) is 0 Å². The molecule has 0 heterocycles. The average Bonchev–Trinajstić information content (AvgIpc) is 2.56. The first-order chi connectivity index (χ1) is 11.4. The molecule has 0 aromatic heterocycles. The van der Waals surface area contributed by atoms with Crippen LogP contribution >= 0.6 is 0 Å². The zero-order valence-corrected chi connectivity index (χ0v) is 13.3. The molecule has 0 aliphatic heterocycles. The van der Waals surface area contributed by atoms with Crippen molar-refractivity contribution in [3.63, 3.8) is 0 Å². The Morgan fingerprint density at radius 1 is 1.08 bits per heavy atom. The SMILES string of the molecule is N#Cc1ccc(NC(=O)CCNS(=O)(=O)c2ccc(F)cc2)cc1. The smallest absolute Gasteiger partial charge is 0.240 e. The summed E-state index contributed by atoms with van der Waals surface area (Å²) in [5, 5.41) is 11.3. The van der Waals surface area contributed by atoms with Gasteiger partial charge in [-0.15, -0.1) is 0 Å². The Morgan fingerprint density at radius 3 is 2.29 bits per heavy atom. The minimum absolute atomic E-state index is 0.0690. The van der Waals surface area contributed by atoms with Crippen LogP contribution in [-0.4, -0.2) is 20.9 Å². The second kappa shape index (κ2) is 7.68. The zero-order chi connectivity index (χ0) is 17.6. The van der Waals surface area contributed by atoms with Crippen LogP contribution in [0.4, 0.5) is 10.1 Å².